The van der Waals surface area contributed by atoms with Crippen molar-refractivity contribution in [2.75, 3.05) is 13.2 Å². The lowest BCUT2D eigenvalue weighted by atomic mass is 10.0. The molecule has 60 valence electrons. The van der Waals surface area contributed by atoms with Crippen LogP contribution in [0, 0.1) is 0 Å². The van der Waals surface area contributed by atoms with E-state index in [1.807, 2.05) is 0 Å². The number of nitrogens with one attached hydrogen (secondary N) is 1. The van der Waals surface area contributed by atoms with Crippen LogP contribution in [0.25, 0.3) is 0 Å². The molecular weight excluding hydrogens is 130 g/mol. The summed E-state index contributed by atoms with van der Waals surface area (Å²) in [6, 6.07) is 0.124. The molecule has 0 bridgehead atoms. The van der Waals surface area contributed by atoms with E-state index in [1.54, 1.807) is 0 Å². The van der Waals surface area contributed by atoms with E-state index in [9.17, 15) is 5.11 Å². The average molecular weight is 145 g/mol. The van der Waals surface area contributed by atoms with Gasteiger partial charge in [-0.05, 0) is 19.4 Å². The van der Waals surface area contributed by atoms with Crippen molar-refractivity contribution in [1.29, 1.82) is 0 Å². The Kier molecular flexibility index (Phi) is 3.12. The van der Waals surface area contributed by atoms with Gasteiger partial charge in [-0.15, -0.1) is 0 Å². The molecule has 1 rings (SSSR count). The van der Waals surface area contributed by atoms with Gasteiger partial charge in [-0.2, -0.15) is 0 Å². The van der Waals surface area contributed by atoms with Crippen LogP contribution in [0.15, 0.2) is 0 Å². The van der Waals surface area contributed by atoms with Crippen LogP contribution in [0.1, 0.15) is 19.3 Å². The van der Waals surface area contributed by atoms with E-state index >= 15 is 0 Å². The van der Waals surface area contributed by atoms with Crippen LogP contribution < -0.4 is 5.32 Å². The van der Waals surface area contributed by atoms with Gasteiger partial charge in [0.25, 0.3) is 0 Å². The normalized spacial score (nSPS) is 30.0. The summed E-state index contributed by atoms with van der Waals surface area (Å²) in [6.07, 6.45) is 2.77. The fourth-order valence-electron chi connectivity index (χ4n) is 1.33. The zero-order valence-corrected chi connectivity index (χ0v) is 6.08. The van der Waals surface area contributed by atoms with E-state index in [0.29, 0.717) is 0 Å². The van der Waals surface area contributed by atoms with Crippen LogP contribution in [0.5, 0.6) is 0 Å². The van der Waals surface area contributed by atoms with Crippen molar-refractivity contribution in [3.8, 4) is 0 Å². The predicted octanol–water partition coefficient (Wildman–Crippen LogP) is -0.518. The largest absolute Gasteiger partial charge is 0.394 e. The summed E-state index contributed by atoms with van der Waals surface area (Å²) in [5.41, 5.74) is 0. The first-order valence-corrected chi connectivity index (χ1v) is 3.87. The number of rotatable bonds is 2. The van der Waals surface area contributed by atoms with Crippen LogP contribution in [-0.2, 0) is 0 Å². The molecule has 2 atom stereocenters. The summed E-state index contributed by atoms with van der Waals surface area (Å²) in [5, 5.41) is 20.9. The Balaban J connectivity index is 2.24. The number of piperidine rings is 1. The van der Waals surface area contributed by atoms with Gasteiger partial charge in [0.05, 0.1) is 12.7 Å². The zero-order chi connectivity index (χ0) is 7.40. The summed E-state index contributed by atoms with van der Waals surface area (Å²) in [6.45, 7) is 0.847. The minimum Gasteiger partial charge on any atom is -0.394 e. The zero-order valence-electron chi connectivity index (χ0n) is 6.08. The lowest BCUT2D eigenvalue weighted by molar-refractivity contribution is 0.0543. The maximum atomic E-state index is 9.17. The molecule has 1 aliphatic rings. The molecule has 0 spiro atoms. The summed E-state index contributed by atoms with van der Waals surface area (Å²) >= 11 is 0. The Morgan fingerprint density at radius 1 is 1.50 bits per heavy atom. The molecule has 1 aliphatic heterocycles. The van der Waals surface area contributed by atoms with Crippen LogP contribution in [0.3, 0.4) is 0 Å². The second-order valence-electron chi connectivity index (χ2n) is 2.81. The smallest absolute Gasteiger partial charge is 0.0923 e. The molecule has 3 nitrogen and oxygen atoms in total. The lowest BCUT2D eigenvalue weighted by Crippen LogP contribution is -2.44. The first-order valence-electron chi connectivity index (χ1n) is 3.87. The van der Waals surface area contributed by atoms with Gasteiger partial charge in [0.1, 0.15) is 0 Å². The molecule has 0 unspecified atom stereocenters. The van der Waals surface area contributed by atoms with Crippen molar-refractivity contribution in [2.45, 2.75) is 31.4 Å². The van der Waals surface area contributed by atoms with Gasteiger partial charge in [-0.3, -0.25) is 0 Å². The van der Waals surface area contributed by atoms with Crippen LogP contribution >= 0.6 is 0 Å². The molecule has 0 aliphatic carbocycles. The van der Waals surface area contributed by atoms with Crippen molar-refractivity contribution < 1.29 is 10.2 Å². The summed E-state index contributed by atoms with van der Waals surface area (Å²) in [5.74, 6) is 0. The average Bonchev–Trinajstić information content (AvgIpc) is 2.05. The third-order valence-electron chi connectivity index (χ3n) is 2.00. The van der Waals surface area contributed by atoms with Crippen molar-refractivity contribution in [1.82, 2.24) is 5.32 Å². The maximum absolute atomic E-state index is 9.17. The Hall–Kier alpha value is -0.120. The van der Waals surface area contributed by atoms with E-state index in [0.717, 1.165) is 19.4 Å². The van der Waals surface area contributed by atoms with Gasteiger partial charge in [0.2, 0.25) is 0 Å². The first kappa shape index (κ1) is 7.98. The van der Waals surface area contributed by atoms with E-state index in [1.165, 1.54) is 6.42 Å². The van der Waals surface area contributed by atoms with E-state index in [-0.39, 0.29) is 12.6 Å². The topological polar surface area (TPSA) is 52.5 Å². The lowest BCUT2D eigenvalue weighted by Gasteiger charge is -2.26. The highest BCUT2D eigenvalue weighted by molar-refractivity contribution is 4.78. The molecular formula is C7H15NO2. The maximum Gasteiger partial charge on any atom is 0.0923 e. The first-order chi connectivity index (χ1) is 4.84. The molecule has 0 amide bonds. The van der Waals surface area contributed by atoms with Crippen LogP contribution in [-0.4, -0.2) is 35.5 Å². The number of hydrogen-bond donors (Lipinski definition) is 3. The van der Waals surface area contributed by atoms with E-state index in [2.05, 4.69) is 5.32 Å². The van der Waals surface area contributed by atoms with E-state index < -0.39 is 6.10 Å². The molecule has 0 saturated carbocycles. The third kappa shape index (κ3) is 1.94. The molecule has 0 aromatic heterocycles. The Morgan fingerprint density at radius 2 is 2.30 bits per heavy atom. The molecule has 0 radical (unpaired) electrons. The summed E-state index contributed by atoms with van der Waals surface area (Å²) in [4.78, 5) is 0. The summed E-state index contributed by atoms with van der Waals surface area (Å²) < 4.78 is 0. The Bertz CT molecular complexity index is 91.6. The molecule has 0 aromatic rings. The molecule has 3 N–H and O–H groups in total. The van der Waals surface area contributed by atoms with Crippen molar-refractivity contribution >= 4 is 0 Å². The fourth-order valence-corrected chi connectivity index (χ4v) is 1.33. The highest BCUT2D eigenvalue weighted by atomic mass is 16.3. The minimum absolute atomic E-state index is 0.124. The number of aliphatic hydroxyl groups is 2. The molecule has 10 heavy (non-hydrogen) atoms. The van der Waals surface area contributed by atoms with Crippen molar-refractivity contribution in [2.24, 2.45) is 0 Å². The molecule has 1 heterocycles. The van der Waals surface area contributed by atoms with Gasteiger partial charge in [0.15, 0.2) is 0 Å². The quantitative estimate of drug-likeness (QED) is 0.490. The highest BCUT2D eigenvalue weighted by Gasteiger charge is 2.19. The van der Waals surface area contributed by atoms with Gasteiger partial charge in [0, 0.05) is 6.04 Å². The molecule has 1 saturated heterocycles. The van der Waals surface area contributed by atoms with Gasteiger partial charge < -0.3 is 15.5 Å². The van der Waals surface area contributed by atoms with Crippen LogP contribution in [0.2, 0.25) is 0 Å². The molecule has 3 heteroatoms. The van der Waals surface area contributed by atoms with Crippen molar-refractivity contribution in [3.63, 3.8) is 0 Å². The Morgan fingerprint density at radius 3 is 2.80 bits per heavy atom. The number of aliphatic hydroxyl groups excluding tert-OH is 2. The SMILES string of the molecule is OC[C@@H](O)[C@H]1CCCCN1. The molecule has 1 fully saturated rings. The second-order valence-corrected chi connectivity index (χ2v) is 2.81. The van der Waals surface area contributed by atoms with E-state index in [4.69, 9.17) is 5.11 Å². The Labute approximate surface area is 61.1 Å². The number of hydrogen-bond acceptors (Lipinski definition) is 3. The minimum atomic E-state index is -0.569. The highest BCUT2D eigenvalue weighted by Crippen LogP contribution is 2.09. The van der Waals surface area contributed by atoms with Gasteiger partial charge in [-0.1, -0.05) is 6.42 Å². The predicted molar refractivity (Wildman–Crippen MR) is 38.7 cm³/mol. The standard InChI is InChI=1S/C7H15NO2/c9-5-7(10)6-3-1-2-4-8-6/h6-10H,1-5H2/t6-,7-/m1/s1. The monoisotopic (exact) mass is 145 g/mol. The van der Waals surface area contributed by atoms with Gasteiger partial charge >= 0.3 is 0 Å². The van der Waals surface area contributed by atoms with Crippen molar-refractivity contribution in [3.05, 3.63) is 0 Å². The second kappa shape index (κ2) is 3.91. The summed E-state index contributed by atoms with van der Waals surface area (Å²) in [7, 11) is 0. The fraction of sp³-hybridized carbons (Fsp3) is 1.00. The van der Waals surface area contributed by atoms with Crippen LogP contribution in [0.4, 0.5) is 0 Å². The van der Waals surface area contributed by atoms with Gasteiger partial charge in [-0.25, -0.2) is 0 Å². The third-order valence-corrected chi connectivity index (χ3v) is 2.00. The molecule has 0 aromatic carbocycles.